The summed E-state index contributed by atoms with van der Waals surface area (Å²) < 4.78 is 0.936. The zero-order chi connectivity index (χ0) is 11.4. The lowest BCUT2D eigenvalue weighted by atomic mass is 10.2. The van der Waals surface area contributed by atoms with Gasteiger partial charge in [-0.3, -0.25) is 0 Å². The van der Waals surface area contributed by atoms with Crippen LogP contribution in [0.1, 0.15) is 24.8 Å². The van der Waals surface area contributed by atoms with Crippen molar-refractivity contribution in [3.05, 3.63) is 28.2 Å². The molecule has 0 spiro atoms. The van der Waals surface area contributed by atoms with Gasteiger partial charge in [-0.2, -0.15) is 5.26 Å². The van der Waals surface area contributed by atoms with E-state index in [1.165, 1.54) is 19.3 Å². The quantitative estimate of drug-likeness (QED) is 0.904. The van der Waals surface area contributed by atoms with E-state index in [0.29, 0.717) is 5.56 Å². The summed E-state index contributed by atoms with van der Waals surface area (Å²) in [5.41, 5.74) is 5.00. The van der Waals surface area contributed by atoms with Gasteiger partial charge in [0.15, 0.2) is 0 Å². The number of nitrogens with zero attached hydrogens (tertiary/aromatic N) is 2. The number of hydrogen-bond donors (Lipinski definition) is 1. The first-order chi connectivity index (χ1) is 7.78. The van der Waals surface area contributed by atoms with Gasteiger partial charge in [0, 0.05) is 17.6 Å². The summed E-state index contributed by atoms with van der Waals surface area (Å²) in [7, 11) is 0. The van der Waals surface area contributed by atoms with Gasteiger partial charge in [-0.1, -0.05) is 22.4 Å². The number of piperidine rings is 1. The fourth-order valence-corrected chi connectivity index (χ4v) is 2.40. The monoisotopic (exact) mass is 279 g/mol. The molecule has 0 atom stereocenters. The van der Waals surface area contributed by atoms with Gasteiger partial charge in [0.05, 0.1) is 17.3 Å². The molecule has 1 aromatic carbocycles. The zero-order valence-corrected chi connectivity index (χ0v) is 10.6. The Kier molecular flexibility index (Phi) is 3.81. The first-order valence-electron chi connectivity index (χ1n) is 5.50. The van der Waals surface area contributed by atoms with E-state index in [9.17, 15) is 0 Å². The van der Waals surface area contributed by atoms with Crippen molar-refractivity contribution in [2.45, 2.75) is 19.3 Å². The number of nitriles is 1. The molecule has 1 aliphatic heterocycles. The highest BCUT2D eigenvalue weighted by atomic mass is 79.9. The van der Waals surface area contributed by atoms with Gasteiger partial charge >= 0.3 is 0 Å². The van der Waals surface area contributed by atoms with Gasteiger partial charge in [0.1, 0.15) is 0 Å². The van der Waals surface area contributed by atoms with Crippen LogP contribution in [-0.2, 0) is 0 Å². The van der Waals surface area contributed by atoms with Crippen LogP contribution >= 0.6 is 15.9 Å². The molecule has 0 unspecified atom stereocenters. The highest BCUT2D eigenvalue weighted by Crippen LogP contribution is 2.20. The Hall–Kier alpha value is -1.05. The van der Waals surface area contributed by atoms with Crippen molar-refractivity contribution in [3.8, 4) is 6.07 Å². The van der Waals surface area contributed by atoms with Crippen molar-refractivity contribution in [3.63, 3.8) is 0 Å². The van der Waals surface area contributed by atoms with E-state index in [0.717, 1.165) is 23.2 Å². The molecule has 0 aromatic heterocycles. The van der Waals surface area contributed by atoms with Gasteiger partial charge < -0.3 is 5.43 Å². The van der Waals surface area contributed by atoms with Crippen molar-refractivity contribution in [2.24, 2.45) is 0 Å². The van der Waals surface area contributed by atoms with Crippen molar-refractivity contribution >= 4 is 21.6 Å². The lowest BCUT2D eigenvalue weighted by molar-refractivity contribution is 0.273. The smallest absolute Gasteiger partial charge is 0.0992 e. The standard InChI is InChI=1S/C12H14BrN3/c13-11-6-10(9-14)7-12(8-11)15-16-4-2-1-3-5-16/h6-8,15H,1-5H2. The van der Waals surface area contributed by atoms with E-state index in [2.05, 4.69) is 32.4 Å². The topological polar surface area (TPSA) is 39.1 Å². The average Bonchev–Trinajstić information content (AvgIpc) is 2.29. The van der Waals surface area contributed by atoms with Crippen LogP contribution in [0.15, 0.2) is 22.7 Å². The van der Waals surface area contributed by atoms with Gasteiger partial charge in [-0.05, 0) is 31.0 Å². The van der Waals surface area contributed by atoms with Gasteiger partial charge in [-0.25, -0.2) is 5.01 Å². The van der Waals surface area contributed by atoms with Crippen LogP contribution in [0.3, 0.4) is 0 Å². The van der Waals surface area contributed by atoms with E-state index in [1.807, 2.05) is 18.2 Å². The minimum absolute atomic E-state index is 0.675. The van der Waals surface area contributed by atoms with Crippen molar-refractivity contribution < 1.29 is 0 Å². The predicted molar refractivity (Wildman–Crippen MR) is 67.9 cm³/mol. The highest BCUT2D eigenvalue weighted by molar-refractivity contribution is 9.10. The summed E-state index contributed by atoms with van der Waals surface area (Å²) in [5, 5.41) is 11.1. The molecule has 84 valence electrons. The van der Waals surface area contributed by atoms with Gasteiger partial charge in [0.25, 0.3) is 0 Å². The second kappa shape index (κ2) is 5.33. The first-order valence-corrected chi connectivity index (χ1v) is 6.29. The fraction of sp³-hybridized carbons (Fsp3) is 0.417. The number of anilines is 1. The molecular formula is C12H14BrN3. The van der Waals surface area contributed by atoms with Gasteiger partial charge in [0.2, 0.25) is 0 Å². The number of hydrazine groups is 1. The van der Waals surface area contributed by atoms with Crippen LogP contribution < -0.4 is 5.43 Å². The average molecular weight is 280 g/mol. The lowest BCUT2D eigenvalue weighted by Crippen LogP contribution is -2.34. The Balaban J connectivity index is 2.08. The first kappa shape index (κ1) is 11.4. The summed E-state index contributed by atoms with van der Waals surface area (Å²) in [5.74, 6) is 0. The zero-order valence-electron chi connectivity index (χ0n) is 9.04. The maximum atomic E-state index is 8.88. The molecule has 0 aliphatic carbocycles. The minimum Gasteiger partial charge on any atom is -0.319 e. The van der Waals surface area contributed by atoms with Crippen LogP contribution in [0.2, 0.25) is 0 Å². The maximum absolute atomic E-state index is 8.88. The van der Waals surface area contributed by atoms with Gasteiger partial charge in [-0.15, -0.1) is 0 Å². The summed E-state index contributed by atoms with van der Waals surface area (Å²) in [4.78, 5) is 0. The molecule has 0 bridgehead atoms. The molecule has 1 heterocycles. The number of rotatable bonds is 2. The maximum Gasteiger partial charge on any atom is 0.0992 e. The molecule has 1 fully saturated rings. The Morgan fingerprint density at radius 1 is 1.19 bits per heavy atom. The molecule has 1 N–H and O–H groups in total. The molecule has 0 amide bonds. The third-order valence-electron chi connectivity index (χ3n) is 2.67. The fourth-order valence-electron chi connectivity index (χ4n) is 1.91. The second-order valence-corrected chi connectivity index (χ2v) is 4.92. The Labute approximate surface area is 104 Å². The minimum atomic E-state index is 0.675. The van der Waals surface area contributed by atoms with E-state index in [4.69, 9.17) is 5.26 Å². The molecule has 0 saturated carbocycles. The normalized spacial score (nSPS) is 16.8. The molecule has 0 radical (unpaired) electrons. The summed E-state index contributed by atoms with van der Waals surface area (Å²) in [6, 6.07) is 7.85. The van der Waals surface area contributed by atoms with Crippen LogP contribution in [0.5, 0.6) is 0 Å². The number of nitrogens with one attached hydrogen (secondary N) is 1. The summed E-state index contributed by atoms with van der Waals surface area (Å²) in [6.07, 6.45) is 3.80. The summed E-state index contributed by atoms with van der Waals surface area (Å²) in [6.45, 7) is 2.16. The predicted octanol–water partition coefficient (Wildman–Crippen LogP) is 3.13. The van der Waals surface area contributed by atoms with Crippen LogP contribution in [0, 0.1) is 11.3 Å². The third kappa shape index (κ3) is 2.97. The van der Waals surface area contributed by atoms with Crippen molar-refractivity contribution in [1.82, 2.24) is 5.01 Å². The van der Waals surface area contributed by atoms with E-state index < -0.39 is 0 Å². The number of hydrogen-bond acceptors (Lipinski definition) is 3. The third-order valence-corrected chi connectivity index (χ3v) is 3.13. The Morgan fingerprint density at radius 2 is 1.94 bits per heavy atom. The van der Waals surface area contributed by atoms with Crippen molar-refractivity contribution in [1.29, 1.82) is 5.26 Å². The molecule has 1 saturated heterocycles. The molecule has 4 heteroatoms. The second-order valence-electron chi connectivity index (χ2n) is 4.00. The number of benzene rings is 1. The molecule has 16 heavy (non-hydrogen) atoms. The Bertz CT molecular complexity index is 405. The van der Waals surface area contributed by atoms with E-state index >= 15 is 0 Å². The number of halogens is 1. The molecule has 3 nitrogen and oxygen atoms in total. The lowest BCUT2D eigenvalue weighted by Gasteiger charge is -2.28. The molecule has 2 rings (SSSR count). The van der Waals surface area contributed by atoms with Crippen LogP contribution in [0.4, 0.5) is 5.69 Å². The van der Waals surface area contributed by atoms with Crippen LogP contribution in [0.25, 0.3) is 0 Å². The van der Waals surface area contributed by atoms with E-state index in [1.54, 1.807) is 0 Å². The summed E-state index contributed by atoms with van der Waals surface area (Å²) >= 11 is 3.41. The van der Waals surface area contributed by atoms with Crippen LogP contribution in [-0.4, -0.2) is 18.1 Å². The van der Waals surface area contributed by atoms with Crippen molar-refractivity contribution in [2.75, 3.05) is 18.5 Å². The highest BCUT2D eigenvalue weighted by Gasteiger charge is 2.10. The largest absolute Gasteiger partial charge is 0.319 e. The molecular weight excluding hydrogens is 266 g/mol. The van der Waals surface area contributed by atoms with E-state index in [-0.39, 0.29) is 0 Å². The SMILES string of the molecule is N#Cc1cc(Br)cc(NN2CCCCC2)c1. The Morgan fingerprint density at radius 3 is 2.62 bits per heavy atom. The molecule has 1 aromatic rings. The molecule has 1 aliphatic rings.